The minimum absolute atomic E-state index is 0.0839. The lowest BCUT2D eigenvalue weighted by Crippen LogP contribution is -2.24. The summed E-state index contributed by atoms with van der Waals surface area (Å²) in [6.45, 7) is 6.14. The third-order valence-electron chi connectivity index (χ3n) is 5.52. The number of hydrogen-bond donors (Lipinski definition) is 3. The van der Waals surface area contributed by atoms with Crippen molar-refractivity contribution in [3.8, 4) is 0 Å². The molecule has 0 bridgehead atoms. The van der Waals surface area contributed by atoms with Crippen LogP contribution in [0, 0.1) is 0 Å². The maximum absolute atomic E-state index is 13.5. The number of nitrogens with one attached hydrogen (secondary N) is 3. The topological polar surface area (TPSA) is 130 Å². The zero-order valence-corrected chi connectivity index (χ0v) is 21.4. The first kappa shape index (κ1) is 26.7. The summed E-state index contributed by atoms with van der Waals surface area (Å²) < 4.78 is 5.12. The maximum Gasteiger partial charge on any atom is 0.278 e. The number of anilines is 2. The van der Waals surface area contributed by atoms with E-state index in [0.29, 0.717) is 23.1 Å². The predicted octanol–water partition coefficient (Wildman–Crippen LogP) is 4.21. The molecule has 0 aliphatic heterocycles. The van der Waals surface area contributed by atoms with Gasteiger partial charge in [-0.2, -0.15) is 0 Å². The highest BCUT2D eigenvalue weighted by atomic mass is 16.5. The molecule has 0 unspecified atom stereocenters. The quantitative estimate of drug-likeness (QED) is 0.317. The van der Waals surface area contributed by atoms with Gasteiger partial charge >= 0.3 is 0 Å². The lowest BCUT2D eigenvalue weighted by atomic mass is 10.2. The van der Waals surface area contributed by atoms with Crippen molar-refractivity contribution in [2.24, 2.45) is 4.99 Å². The third kappa shape index (κ3) is 7.05. The van der Waals surface area contributed by atoms with Crippen LogP contribution in [0.1, 0.15) is 78.3 Å². The molecule has 0 radical (unpaired) electrons. The second kappa shape index (κ2) is 12.7. The summed E-state index contributed by atoms with van der Waals surface area (Å²) in [6.07, 6.45) is 9.89. The van der Waals surface area contributed by atoms with Crippen LogP contribution in [-0.4, -0.2) is 47.1 Å². The van der Waals surface area contributed by atoms with E-state index in [1.54, 1.807) is 37.9 Å². The summed E-state index contributed by atoms with van der Waals surface area (Å²) in [5.74, 6) is -0.341. The number of aromatic nitrogens is 3. The number of ether oxygens (including phenoxy) is 1. The number of hydrogen-bond acceptors (Lipinski definition) is 8. The van der Waals surface area contributed by atoms with Crippen LogP contribution in [0.25, 0.3) is 0 Å². The van der Waals surface area contributed by atoms with Crippen molar-refractivity contribution in [3.63, 3.8) is 0 Å². The monoisotopic (exact) mass is 491 g/mol. The number of allylic oxidation sites excluding steroid dienone is 2. The molecule has 0 atom stereocenters. The molecule has 1 aliphatic carbocycles. The molecular formula is C26H33N7O3. The summed E-state index contributed by atoms with van der Waals surface area (Å²) in [5, 5.41) is 8.55. The van der Waals surface area contributed by atoms with Crippen LogP contribution >= 0.6 is 0 Å². The molecule has 10 nitrogen and oxygen atoms in total. The fourth-order valence-electron chi connectivity index (χ4n) is 3.29. The summed E-state index contributed by atoms with van der Waals surface area (Å²) in [6, 6.07) is 3.32. The molecule has 36 heavy (non-hydrogen) atoms. The van der Waals surface area contributed by atoms with Gasteiger partial charge < -0.3 is 20.7 Å². The Labute approximate surface area is 211 Å². The van der Waals surface area contributed by atoms with Crippen molar-refractivity contribution < 1.29 is 14.3 Å². The Hall–Kier alpha value is -3.92. The summed E-state index contributed by atoms with van der Waals surface area (Å²) >= 11 is 0. The van der Waals surface area contributed by atoms with Gasteiger partial charge in [-0.1, -0.05) is 12.5 Å². The molecule has 1 aliphatic rings. The molecule has 2 amide bonds. The largest absolute Gasteiger partial charge is 0.378 e. The minimum atomic E-state index is -0.506. The average molecular weight is 492 g/mol. The molecule has 2 aromatic rings. The molecule has 1 saturated carbocycles. The highest BCUT2D eigenvalue weighted by Crippen LogP contribution is 2.39. The third-order valence-corrected chi connectivity index (χ3v) is 5.52. The Kier molecular flexibility index (Phi) is 9.40. The normalized spacial score (nSPS) is 14.1. The zero-order chi connectivity index (χ0) is 26.1. The van der Waals surface area contributed by atoms with E-state index in [-0.39, 0.29) is 23.7 Å². The number of pyridine rings is 1. The van der Waals surface area contributed by atoms with Crippen LogP contribution in [0.4, 0.5) is 11.5 Å². The summed E-state index contributed by atoms with van der Waals surface area (Å²) in [7, 11) is 3.05. The lowest BCUT2D eigenvalue weighted by molar-refractivity contribution is 0.0958. The first-order valence-corrected chi connectivity index (χ1v) is 11.9. The van der Waals surface area contributed by atoms with E-state index in [1.807, 2.05) is 19.9 Å². The van der Waals surface area contributed by atoms with E-state index in [9.17, 15) is 9.59 Å². The second-order valence-corrected chi connectivity index (χ2v) is 8.39. The first-order valence-electron chi connectivity index (χ1n) is 11.9. The second-order valence-electron chi connectivity index (χ2n) is 8.39. The number of carbonyl (C=O) groups excluding carboxylic acids is 2. The van der Waals surface area contributed by atoms with Gasteiger partial charge in [0.15, 0.2) is 17.2 Å². The Bertz CT molecular complexity index is 1200. The molecule has 190 valence electrons. The number of nitrogens with zero attached hydrogens (tertiary/aromatic N) is 4. The van der Waals surface area contributed by atoms with Gasteiger partial charge in [0, 0.05) is 32.5 Å². The number of carbonyl (C=O) groups is 2. The Morgan fingerprint density at radius 1 is 1.17 bits per heavy atom. The molecule has 2 aromatic heterocycles. The Morgan fingerprint density at radius 3 is 2.58 bits per heavy atom. The van der Waals surface area contributed by atoms with Crippen molar-refractivity contribution in [1.29, 1.82) is 0 Å². The Morgan fingerprint density at radius 2 is 1.94 bits per heavy atom. The lowest BCUT2D eigenvalue weighted by Gasteiger charge is -2.14. The van der Waals surface area contributed by atoms with Gasteiger partial charge in [0.1, 0.15) is 0 Å². The van der Waals surface area contributed by atoms with Gasteiger partial charge in [0.25, 0.3) is 11.8 Å². The smallest absolute Gasteiger partial charge is 0.278 e. The summed E-state index contributed by atoms with van der Waals surface area (Å²) in [4.78, 5) is 43.7. The molecule has 10 heteroatoms. The van der Waals surface area contributed by atoms with Gasteiger partial charge in [-0.15, -0.1) is 0 Å². The molecule has 3 rings (SSSR count). The van der Waals surface area contributed by atoms with Crippen molar-refractivity contribution >= 4 is 29.5 Å². The van der Waals surface area contributed by atoms with Gasteiger partial charge in [-0.25, -0.2) is 15.0 Å². The van der Waals surface area contributed by atoms with Crippen LogP contribution in [0.3, 0.4) is 0 Å². The Balaban J connectivity index is 1.99. The van der Waals surface area contributed by atoms with Gasteiger partial charge in [-0.05, 0) is 51.3 Å². The van der Waals surface area contributed by atoms with Crippen molar-refractivity contribution in [2.45, 2.75) is 52.6 Å². The van der Waals surface area contributed by atoms with E-state index in [0.717, 1.165) is 30.5 Å². The fraction of sp³-hybridized carbons (Fsp3) is 0.385. The highest BCUT2D eigenvalue weighted by molar-refractivity contribution is 6.09. The van der Waals surface area contributed by atoms with E-state index in [2.05, 4.69) is 42.8 Å². The number of methoxy groups -OCH3 is 1. The number of rotatable bonds is 11. The molecule has 0 aromatic carbocycles. The van der Waals surface area contributed by atoms with Gasteiger partial charge in [0.2, 0.25) is 0 Å². The molecule has 0 spiro atoms. The van der Waals surface area contributed by atoms with E-state index >= 15 is 0 Å². The van der Waals surface area contributed by atoms with Gasteiger partial charge in [-0.3, -0.25) is 14.6 Å². The van der Waals surface area contributed by atoms with Crippen LogP contribution in [0.5, 0.6) is 0 Å². The van der Waals surface area contributed by atoms with Crippen molar-refractivity contribution in [2.75, 3.05) is 24.8 Å². The molecule has 2 heterocycles. The van der Waals surface area contributed by atoms with Gasteiger partial charge in [0.05, 0.1) is 35.6 Å². The van der Waals surface area contributed by atoms with Crippen molar-refractivity contribution in [3.05, 3.63) is 64.7 Å². The molecular weight excluding hydrogens is 458 g/mol. The average Bonchev–Trinajstić information content (AvgIpc) is 3.73. The molecule has 0 saturated heterocycles. The van der Waals surface area contributed by atoms with Crippen LogP contribution in [0.15, 0.2) is 46.9 Å². The van der Waals surface area contributed by atoms with E-state index < -0.39 is 11.8 Å². The van der Waals surface area contributed by atoms with E-state index in [4.69, 9.17) is 4.74 Å². The first-order chi connectivity index (χ1) is 17.4. The van der Waals surface area contributed by atoms with Crippen LogP contribution < -0.4 is 16.0 Å². The maximum atomic E-state index is 13.5. The highest BCUT2D eigenvalue weighted by Gasteiger charge is 2.28. The van der Waals surface area contributed by atoms with Crippen molar-refractivity contribution in [1.82, 2.24) is 20.3 Å². The molecule has 3 N–H and O–H groups in total. The standard InChI is InChI=1S/C26H33N7O3/c1-6-16(3)12-19(13-28-7-2)31-24-23(32-21(14-29-24)17-8-9-17)26(35)33-20-11-10-18(15-36-5)30-22(20)25(34)27-4/h7,10-14,17H,6,8-9,15H2,1-5H3,(H,27,34)(H,29,31)(H,33,35)/b16-12+,19-13+,28-7?. The van der Waals surface area contributed by atoms with Crippen LogP contribution in [0.2, 0.25) is 0 Å². The fourth-order valence-corrected chi connectivity index (χ4v) is 3.29. The van der Waals surface area contributed by atoms with Crippen LogP contribution in [-0.2, 0) is 11.3 Å². The van der Waals surface area contributed by atoms with E-state index in [1.165, 1.54) is 7.05 Å². The number of aliphatic imine (C=N–C) groups is 1. The zero-order valence-electron chi connectivity index (χ0n) is 21.4. The number of amides is 2. The SMILES string of the molecule is CC=N/C=C(\C=C(/C)CC)Nc1ncc(C2CC2)nc1C(=O)Nc1ccc(COC)nc1C(=O)NC. The molecule has 1 fully saturated rings. The summed E-state index contributed by atoms with van der Waals surface area (Å²) in [5.41, 5.74) is 3.60. The predicted molar refractivity (Wildman–Crippen MR) is 140 cm³/mol. The minimum Gasteiger partial charge on any atom is -0.378 e.